The first-order valence-electron chi connectivity index (χ1n) is 12.8. The summed E-state index contributed by atoms with van der Waals surface area (Å²) < 4.78 is 25.6. The maximum Gasteiger partial charge on any atom is 3.00 e. The van der Waals surface area contributed by atoms with Crippen molar-refractivity contribution in [3.8, 4) is 11.3 Å². The number of halogens is 2. The SMILES string of the molecule is CC(C)[N-]C([N-]C(C)C)N1c2ccccc2CCc2ccccc21.Fc1c[c-]c(-c2ccccn2)c(F)n1.[Ir+3]. The minimum Gasteiger partial charge on any atom is -0.658 e. The topological polar surface area (TPSA) is 57.2 Å². The molecule has 0 bridgehead atoms. The van der Waals surface area contributed by atoms with Crippen LogP contribution in [-0.4, -0.2) is 28.3 Å². The van der Waals surface area contributed by atoms with Crippen LogP contribution in [0.25, 0.3) is 21.9 Å². The van der Waals surface area contributed by atoms with Crippen LogP contribution >= 0.6 is 0 Å². The van der Waals surface area contributed by atoms with Crippen molar-refractivity contribution in [2.45, 2.75) is 58.9 Å². The number of para-hydroxylation sites is 2. The summed E-state index contributed by atoms with van der Waals surface area (Å²) in [4.78, 5) is 9.28. The van der Waals surface area contributed by atoms with Crippen molar-refractivity contribution < 1.29 is 28.9 Å². The molecule has 1 aliphatic rings. The summed E-state index contributed by atoms with van der Waals surface area (Å²) >= 11 is 0. The van der Waals surface area contributed by atoms with Crippen molar-refractivity contribution in [1.82, 2.24) is 9.97 Å². The molecule has 0 atom stereocenters. The van der Waals surface area contributed by atoms with Gasteiger partial charge in [0.1, 0.15) is 11.9 Å². The van der Waals surface area contributed by atoms with E-state index in [4.69, 9.17) is 10.6 Å². The second-order valence-corrected chi connectivity index (χ2v) is 9.56. The van der Waals surface area contributed by atoms with Gasteiger partial charge in [-0.15, -0.1) is 18.2 Å². The van der Waals surface area contributed by atoms with E-state index in [2.05, 4.69) is 97.2 Å². The number of pyridine rings is 2. The van der Waals surface area contributed by atoms with Gasteiger partial charge in [-0.05, 0) is 47.9 Å². The van der Waals surface area contributed by atoms with Crippen LogP contribution in [0.2, 0.25) is 0 Å². The molecule has 204 valence electrons. The van der Waals surface area contributed by atoms with Crippen molar-refractivity contribution >= 4 is 11.4 Å². The molecule has 0 spiro atoms. The van der Waals surface area contributed by atoms with Gasteiger partial charge in [0.25, 0.3) is 0 Å². The Kier molecular flexibility index (Phi) is 11.3. The summed E-state index contributed by atoms with van der Waals surface area (Å²) in [5, 5.41) is 9.88. The first-order valence-corrected chi connectivity index (χ1v) is 12.8. The van der Waals surface area contributed by atoms with E-state index in [1.165, 1.54) is 28.7 Å². The molecule has 0 N–H and O–H groups in total. The van der Waals surface area contributed by atoms with E-state index in [-0.39, 0.29) is 44.0 Å². The normalized spacial score (nSPS) is 12.3. The van der Waals surface area contributed by atoms with Crippen molar-refractivity contribution in [2.75, 3.05) is 4.90 Å². The average Bonchev–Trinajstić information content (AvgIpc) is 3.06. The predicted octanol–water partition coefficient (Wildman–Crippen LogP) is 7.99. The quantitative estimate of drug-likeness (QED) is 0.151. The van der Waals surface area contributed by atoms with Crippen LogP contribution in [0.3, 0.4) is 0 Å². The molecule has 1 aliphatic heterocycles. The Hall–Kier alpha value is -3.03. The molecular formula is C31H32F2IrN5. The third-order valence-electron chi connectivity index (χ3n) is 5.93. The summed E-state index contributed by atoms with van der Waals surface area (Å²) in [6.45, 7) is 8.49. The molecule has 4 aromatic rings. The number of hydrogen-bond acceptors (Lipinski definition) is 3. The Morgan fingerprint density at radius 3 is 1.82 bits per heavy atom. The number of aryl methyl sites for hydroxylation is 2. The Bertz CT molecular complexity index is 1280. The van der Waals surface area contributed by atoms with Crippen LogP contribution < -0.4 is 4.90 Å². The average molecular weight is 705 g/mol. The zero-order valence-electron chi connectivity index (χ0n) is 22.5. The van der Waals surface area contributed by atoms with Crippen molar-refractivity contribution in [1.29, 1.82) is 0 Å². The monoisotopic (exact) mass is 705 g/mol. The van der Waals surface area contributed by atoms with Gasteiger partial charge in [0, 0.05) is 17.6 Å². The number of rotatable bonds is 6. The number of anilines is 2. The van der Waals surface area contributed by atoms with Gasteiger partial charge in [0.15, 0.2) is 0 Å². The standard InChI is InChI=1S/C21H27N3.C10H5F2N2.Ir/c1-15(2)22-21(23-16(3)4)24-19-11-7-5-9-17(19)13-14-18-10-6-8-12-20(18)24;11-9-5-4-7(10(12)14-9)8-3-1-2-6-13-8;/h5-12,15-16,21H,13-14H2,1-4H3;1-3,5-6H;/q-2;-1;+3. The van der Waals surface area contributed by atoms with Gasteiger partial charge in [-0.25, -0.2) is 8.78 Å². The fraction of sp³-hybridized carbons (Fsp3) is 0.290. The van der Waals surface area contributed by atoms with Gasteiger partial charge >= 0.3 is 20.1 Å². The number of aromatic nitrogens is 2. The maximum absolute atomic E-state index is 13.1. The molecule has 0 unspecified atom stereocenters. The summed E-state index contributed by atoms with van der Waals surface area (Å²) in [6, 6.07) is 26.3. The molecule has 0 amide bonds. The minimum atomic E-state index is -0.899. The van der Waals surface area contributed by atoms with E-state index in [9.17, 15) is 8.78 Å². The Labute approximate surface area is 243 Å². The summed E-state index contributed by atoms with van der Waals surface area (Å²) in [5.74, 6) is -1.79. The van der Waals surface area contributed by atoms with Gasteiger partial charge in [-0.3, -0.25) is 4.98 Å². The molecule has 0 radical (unpaired) electrons. The molecular weight excluding hydrogens is 673 g/mol. The van der Waals surface area contributed by atoms with E-state index in [1.807, 2.05) is 0 Å². The third kappa shape index (κ3) is 7.99. The van der Waals surface area contributed by atoms with Crippen LogP contribution in [0.15, 0.2) is 79.0 Å². The zero-order valence-corrected chi connectivity index (χ0v) is 24.9. The first-order chi connectivity index (χ1) is 18.3. The van der Waals surface area contributed by atoms with Crippen molar-refractivity contribution in [2.24, 2.45) is 0 Å². The molecule has 5 nitrogen and oxygen atoms in total. The molecule has 5 rings (SSSR count). The molecule has 3 heterocycles. The first kappa shape index (κ1) is 30.5. The van der Waals surface area contributed by atoms with Gasteiger partial charge in [-0.1, -0.05) is 87.9 Å². The van der Waals surface area contributed by atoms with Crippen LogP contribution in [0, 0.1) is 18.0 Å². The molecule has 0 saturated heterocycles. The molecule has 2 aromatic carbocycles. The Morgan fingerprint density at radius 1 is 0.795 bits per heavy atom. The van der Waals surface area contributed by atoms with E-state index in [0.29, 0.717) is 5.69 Å². The number of benzene rings is 2. The van der Waals surface area contributed by atoms with Gasteiger partial charge in [-0.2, -0.15) is 6.29 Å². The van der Waals surface area contributed by atoms with E-state index < -0.39 is 11.9 Å². The van der Waals surface area contributed by atoms with Gasteiger partial charge in [0.05, 0.1) is 0 Å². The maximum atomic E-state index is 13.1. The Morgan fingerprint density at radius 2 is 1.33 bits per heavy atom. The number of fused-ring (bicyclic) bond motifs is 2. The molecule has 2 aromatic heterocycles. The number of hydrogen-bond donors (Lipinski definition) is 0. The van der Waals surface area contributed by atoms with Gasteiger partial charge in [0.2, 0.25) is 0 Å². The van der Waals surface area contributed by atoms with Crippen LogP contribution in [0.4, 0.5) is 20.2 Å². The van der Waals surface area contributed by atoms with E-state index in [1.54, 1.807) is 18.2 Å². The van der Waals surface area contributed by atoms with Gasteiger partial charge < -0.3 is 20.5 Å². The van der Waals surface area contributed by atoms with E-state index >= 15 is 0 Å². The Balaban J connectivity index is 0.000000239. The van der Waals surface area contributed by atoms with Crippen molar-refractivity contribution in [3.63, 3.8) is 0 Å². The molecule has 8 heteroatoms. The van der Waals surface area contributed by atoms with Crippen LogP contribution in [0.5, 0.6) is 0 Å². The van der Waals surface area contributed by atoms with E-state index in [0.717, 1.165) is 18.9 Å². The molecule has 0 aliphatic carbocycles. The minimum absolute atomic E-state index is 0. The smallest absolute Gasteiger partial charge is 0.658 e. The summed E-state index contributed by atoms with van der Waals surface area (Å²) in [6.07, 6.45) is 3.44. The molecule has 39 heavy (non-hydrogen) atoms. The van der Waals surface area contributed by atoms with Crippen LogP contribution in [-0.2, 0) is 32.9 Å². The number of nitrogens with zero attached hydrogens (tertiary/aromatic N) is 5. The fourth-order valence-electron chi connectivity index (χ4n) is 4.33. The molecule has 0 saturated carbocycles. The predicted molar refractivity (Wildman–Crippen MR) is 149 cm³/mol. The largest absolute Gasteiger partial charge is 3.00 e. The third-order valence-corrected chi connectivity index (χ3v) is 5.93. The molecule has 0 fully saturated rings. The second kappa shape index (κ2) is 14.4. The van der Waals surface area contributed by atoms with Crippen molar-refractivity contribution in [3.05, 3.63) is 119 Å². The summed E-state index contributed by atoms with van der Waals surface area (Å²) in [7, 11) is 0. The fourth-order valence-corrected chi connectivity index (χ4v) is 4.33. The second-order valence-electron chi connectivity index (χ2n) is 9.56. The zero-order chi connectivity index (χ0) is 27.1. The summed E-state index contributed by atoms with van der Waals surface area (Å²) in [5.41, 5.74) is 5.68. The van der Waals surface area contributed by atoms with Crippen LogP contribution in [0.1, 0.15) is 38.8 Å².